The molecule has 2 rings (SSSR count). The molecule has 2 atom stereocenters. The van der Waals surface area contributed by atoms with Gasteiger partial charge in [-0.1, -0.05) is 0 Å². The van der Waals surface area contributed by atoms with Crippen LogP contribution in [-0.2, 0) is 4.79 Å². The van der Waals surface area contributed by atoms with E-state index in [1.54, 1.807) is 5.38 Å². The summed E-state index contributed by atoms with van der Waals surface area (Å²) in [6.07, 6.45) is 1.19. The molecule has 0 bridgehead atoms. The van der Waals surface area contributed by atoms with Crippen LogP contribution in [-0.4, -0.2) is 46.6 Å². The lowest BCUT2D eigenvalue weighted by atomic mass is 10.1. The summed E-state index contributed by atoms with van der Waals surface area (Å²) in [6, 6.07) is -0.440. The zero-order valence-corrected chi connectivity index (χ0v) is 12.7. The lowest BCUT2D eigenvalue weighted by Crippen LogP contribution is -2.29. The molecule has 1 aliphatic rings. The summed E-state index contributed by atoms with van der Waals surface area (Å²) < 4.78 is 0. The van der Waals surface area contributed by atoms with Crippen LogP contribution in [0.1, 0.15) is 32.0 Å². The zero-order chi connectivity index (χ0) is 14.7. The number of aromatic nitrogens is 1. The summed E-state index contributed by atoms with van der Waals surface area (Å²) in [5.41, 5.74) is 5.95. The fourth-order valence-electron chi connectivity index (χ4n) is 2.37. The van der Waals surface area contributed by atoms with E-state index in [1.807, 2.05) is 0 Å². The SMILES string of the molecule is CC(C)N1CCC(CNc2nc(C(N)C(=O)O)cs2)C1. The van der Waals surface area contributed by atoms with Crippen molar-refractivity contribution in [2.45, 2.75) is 32.4 Å². The molecule has 1 saturated heterocycles. The minimum atomic E-state index is -1.05. The standard InChI is InChI=1S/C13H22N4O2S/c1-8(2)17-4-3-9(6-17)5-15-13-16-10(7-20-13)11(14)12(18)19/h7-9,11H,3-6,14H2,1-2H3,(H,15,16)(H,18,19). The number of anilines is 1. The quantitative estimate of drug-likeness (QED) is 0.735. The van der Waals surface area contributed by atoms with Gasteiger partial charge in [-0.25, -0.2) is 4.98 Å². The van der Waals surface area contributed by atoms with E-state index in [1.165, 1.54) is 17.8 Å². The summed E-state index contributed by atoms with van der Waals surface area (Å²) in [4.78, 5) is 17.5. The van der Waals surface area contributed by atoms with Crippen LogP contribution in [0.2, 0.25) is 0 Å². The van der Waals surface area contributed by atoms with Gasteiger partial charge in [-0.05, 0) is 32.7 Å². The van der Waals surface area contributed by atoms with Gasteiger partial charge in [-0.2, -0.15) is 0 Å². The first-order valence-corrected chi connectivity index (χ1v) is 7.77. The van der Waals surface area contributed by atoms with E-state index in [9.17, 15) is 4.79 Å². The van der Waals surface area contributed by atoms with Crippen molar-refractivity contribution in [1.82, 2.24) is 9.88 Å². The Bertz CT molecular complexity index is 463. The van der Waals surface area contributed by atoms with E-state index in [2.05, 4.69) is 29.0 Å². The normalized spacial score (nSPS) is 21.3. The van der Waals surface area contributed by atoms with Crippen LogP contribution in [0.3, 0.4) is 0 Å². The van der Waals surface area contributed by atoms with Crippen molar-refractivity contribution in [3.8, 4) is 0 Å². The molecule has 20 heavy (non-hydrogen) atoms. The average Bonchev–Trinajstić information content (AvgIpc) is 3.04. The number of carboxylic acid groups (broad SMARTS) is 1. The van der Waals surface area contributed by atoms with E-state index < -0.39 is 12.0 Å². The maximum absolute atomic E-state index is 10.8. The number of carboxylic acids is 1. The monoisotopic (exact) mass is 298 g/mol. The van der Waals surface area contributed by atoms with E-state index in [0.717, 1.165) is 24.8 Å². The Morgan fingerprint density at radius 3 is 3.05 bits per heavy atom. The van der Waals surface area contributed by atoms with Gasteiger partial charge < -0.3 is 21.1 Å². The molecule has 112 valence electrons. The summed E-state index contributed by atoms with van der Waals surface area (Å²) in [7, 11) is 0. The highest BCUT2D eigenvalue weighted by Gasteiger charge is 2.24. The third-order valence-electron chi connectivity index (χ3n) is 3.70. The van der Waals surface area contributed by atoms with Gasteiger partial charge in [0.1, 0.15) is 6.04 Å². The maximum atomic E-state index is 10.8. The van der Waals surface area contributed by atoms with Gasteiger partial charge in [0.25, 0.3) is 0 Å². The number of thiazole rings is 1. The van der Waals surface area contributed by atoms with Crippen molar-refractivity contribution < 1.29 is 9.90 Å². The van der Waals surface area contributed by atoms with Gasteiger partial charge in [0, 0.05) is 24.5 Å². The molecule has 2 heterocycles. The number of aliphatic carboxylic acids is 1. The molecular formula is C13H22N4O2S. The van der Waals surface area contributed by atoms with Crippen LogP contribution in [0.4, 0.5) is 5.13 Å². The van der Waals surface area contributed by atoms with Crippen LogP contribution in [0.15, 0.2) is 5.38 Å². The first-order chi connectivity index (χ1) is 9.47. The number of nitrogens with two attached hydrogens (primary N) is 1. The summed E-state index contributed by atoms with van der Waals surface area (Å²) in [5, 5.41) is 14.6. The smallest absolute Gasteiger partial charge is 0.326 e. The molecular weight excluding hydrogens is 276 g/mol. The highest BCUT2D eigenvalue weighted by molar-refractivity contribution is 7.13. The highest BCUT2D eigenvalue weighted by atomic mass is 32.1. The van der Waals surface area contributed by atoms with Gasteiger partial charge in [0.15, 0.2) is 5.13 Å². The summed E-state index contributed by atoms with van der Waals surface area (Å²) in [6.45, 7) is 7.57. The second-order valence-electron chi connectivity index (χ2n) is 5.52. The van der Waals surface area contributed by atoms with Crippen molar-refractivity contribution in [2.75, 3.05) is 25.0 Å². The highest BCUT2D eigenvalue weighted by Crippen LogP contribution is 2.22. The molecule has 7 heteroatoms. The molecule has 0 aliphatic carbocycles. The third kappa shape index (κ3) is 3.68. The Morgan fingerprint density at radius 1 is 1.70 bits per heavy atom. The molecule has 0 spiro atoms. The second kappa shape index (κ2) is 6.51. The van der Waals surface area contributed by atoms with Crippen molar-refractivity contribution in [2.24, 2.45) is 11.7 Å². The third-order valence-corrected chi connectivity index (χ3v) is 4.51. The Balaban J connectivity index is 1.82. The Kier molecular flexibility index (Phi) is 4.95. The number of rotatable bonds is 6. The lowest BCUT2D eigenvalue weighted by molar-refractivity contribution is -0.138. The van der Waals surface area contributed by atoms with Crippen molar-refractivity contribution >= 4 is 22.4 Å². The predicted octanol–water partition coefficient (Wildman–Crippen LogP) is 1.37. The topological polar surface area (TPSA) is 91.5 Å². The van der Waals surface area contributed by atoms with Gasteiger partial charge >= 0.3 is 5.97 Å². The Labute approximate surface area is 123 Å². The molecule has 1 aromatic heterocycles. The molecule has 1 fully saturated rings. The lowest BCUT2D eigenvalue weighted by Gasteiger charge is -2.20. The molecule has 0 amide bonds. The molecule has 4 N–H and O–H groups in total. The number of hydrogen-bond acceptors (Lipinski definition) is 6. The fraction of sp³-hybridized carbons (Fsp3) is 0.692. The number of nitrogens with zero attached hydrogens (tertiary/aromatic N) is 2. The number of likely N-dealkylation sites (tertiary alicyclic amines) is 1. The molecule has 6 nitrogen and oxygen atoms in total. The maximum Gasteiger partial charge on any atom is 0.326 e. The van der Waals surface area contributed by atoms with Gasteiger partial charge in [-0.15, -0.1) is 11.3 Å². The first-order valence-electron chi connectivity index (χ1n) is 6.89. The molecule has 0 aromatic carbocycles. The minimum Gasteiger partial charge on any atom is -0.480 e. The largest absolute Gasteiger partial charge is 0.480 e. The van der Waals surface area contributed by atoms with Crippen molar-refractivity contribution in [3.05, 3.63) is 11.1 Å². The van der Waals surface area contributed by atoms with E-state index in [4.69, 9.17) is 10.8 Å². The zero-order valence-electron chi connectivity index (χ0n) is 11.9. The van der Waals surface area contributed by atoms with Gasteiger partial charge in [-0.3, -0.25) is 4.79 Å². The Hall–Kier alpha value is -1.18. The molecule has 2 unspecified atom stereocenters. The molecule has 0 saturated carbocycles. The van der Waals surface area contributed by atoms with Gasteiger partial charge in [0.05, 0.1) is 5.69 Å². The molecule has 1 aliphatic heterocycles. The van der Waals surface area contributed by atoms with Crippen molar-refractivity contribution in [3.63, 3.8) is 0 Å². The first kappa shape index (κ1) is 15.2. The van der Waals surface area contributed by atoms with Crippen LogP contribution >= 0.6 is 11.3 Å². The summed E-state index contributed by atoms with van der Waals surface area (Å²) >= 11 is 1.41. The minimum absolute atomic E-state index is 0.417. The van der Waals surface area contributed by atoms with Crippen LogP contribution in [0.5, 0.6) is 0 Å². The Morgan fingerprint density at radius 2 is 2.45 bits per heavy atom. The van der Waals surface area contributed by atoms with Crippen LogP contribution in [0.25, 0.3) is 0 Å². The van der Waals surface area contributed by atoms with Crippen LogP contribution < -0.4 is 11.1 Å². The predicted molar refractivity (Wildman–Crippen MR) is 80.0 cm³/mol. The van der Waals surface area contributed by atoms with Crippen molar-refractivity contribution in [1.29, 1.82) is 0 Å². The molecule has 1 aromatic rings. The van der Waals surface area contributed by atoms with E-state index in [-0.39, 0.29) is 0 Å². The van der Waals surface area contributed by atoms with Gasteiger partial charge in [0.2, 0.25) is 0 Å². The fourth-order valence-corrected chi connectivity index (χ4v) is 3.12. The van der Waals surface area contributed by atoms with E-state index in [0.29, 0.717) is 17.7 Å². The number of hydrogen-bond donors (Lipinski definition) is 3. The average molecular weight is 298 g/mol. The number of carbonyl (C=O) groups is 1. The summed E-state index contributed by atoms with van der Waals surface area (Å²) in [5.74, 6) is -0.428. The number of nitrogens with one attached hydrogen (secondary N) is 1. The van der Waals surface area contributed by atoms with Crippen LogP contribution in [0, 0.1) is 5.92 Å². The molecule has 0 radical (unpaired) electrons. The second-order valence-corrected chi connectivity index (χ2v) is 6.38. The van der Waals surface area contributed by atoms with E-state index >= 15 is 0 Å².